The van der Waals surface area contributed by atoms with E-state index in [2.05, 4.69) is 15.9 Å². The summed E-state index contributed by atoms with van der Waals surface area (Å²) in [6, 6.07) is 1.68. The number of hydrogen-bond donors (Lipinski definition) is 0. The molecule has 6 heteroatoms. The molecule has 0 bridgehead atoms. The van der Waals surface area contributed by atoms with Crippen LogP contribution in [-0.2, 0) is 9.47 Å². The number of morpholine rings is 1. The molecule has 5 nitrogen and oxygen atoms in total. The Kier molecular flexibility index (Phi) is 4.32. The van der Waals surface area contributed by atoms with Crippen LogP contribution >= 0.6 is 15.9 Å². The fraction of sp³-hybridized carbons (Fsp3) is 0.615. The van der Waals surface area contributed by atoms with E-state index in [1.54, 1.807) is 18.1 Å². The first-order valence-electron chi connectivity index (χ1n) is 6.11. The minimum Gasteiger partial charge on any atom is -0.457 e. The van der Waals surface area contributed by atoms with Crippen molar-refractivity contribution < 1.29 is 18.7 Å². The fourth-order valence-electron chi connectivity index (χ4n) is 2.33. The second-order valence-electron chi connectivity index (χ2n) is 5.28. The summed E-state index contributed by atoms with van der Waals surface area (Å²) >= 11 is 3.20. The number of furan rings is 1. The van der Waals surface area contributed by atoms with E-state index < -0.39 is 0 Å². The number of methoxy groups -OCH3 is 1. The Morgan fingerprint density at radius 3 is 2.95 bits per heavy atom. The second-order valence-corrected chi connectivity index (χ2v) is 6.06. The topological polar surface area (TPSA) is 51.9 Å². The van der Waals surface area contributed by atoms with Gasteiger partial charge < -0.3 is 18.8 Å². The van der Waals surface area contributed by atoms with Gasteiger partial charge in [0.05, 0.1) is 23.9 Å². The highest BCUT2D eigenvalue weighted by Crippen LogP contribution is 2.24. The molecule has 0 aromatic carbocycles. The van der Waals surface area contributed by atoms with Crippen LogP contribution in [0.1, 0.15) is 24.2 Å². The van der Waals surface area contributed by atoms with Gasteiger partial charge in [-0.25, -0.2) is 0 Å². The van der Waals surface area contributed by atoms with Crippen molar-refractivity contribution in [2.24, 2.45) is 0 Å². The Labute approximate surface area is 121 Å². The summed E-state index contributed by atoms with van der Waals surface area (Å²) in [4.78, 5) is 14.2. The van der Waals surface area contributed by atoms with Gasteiger partial charge in [-0.1, -0.05) is 0 Å². The zero-order valence-corrected chi connectivity index (χ0v) is 12.9. The van der Waals surface area contributed by atoms with Gasteiger partial charge in [-0.05, 0) is 29.8 Å². The van der Waals surface area contributed by atoms with Gasteiger partial charge in [0.25, 0.3) is 5.91 Å². The molecule has 1 fully saturated rings. The molecule has 1 amide bonds. The standard InChI is InChI=1S/C13H18BrNO4/c1-13(2)8-15(5-10(19-13)7-17-3)12(16)9-4-11(14)18-6-9/h4,6,10H,5,7-8H2,1-3H3. The van der Waals surface area contributed by atoms with Gasteiger partial charge >= 0.3 is 0 Å². The minimum atomic E-state index is -0.377. The van der Waals surface area contributed by atoms with Gasteiger partial charge in [-0.2, -0.15) is 0 Å². The third-order valence-electron chi connectivity index (χ3n) is 2.94. The van der Waals surface area contributed by atoms with E-state index in [0.717, 1.165) is 0 Å². The number of hydrogen-bond acceptors (Lipinski definition) is 4. The van der Waals surface area contributed by atoms with Crippen LogP contribution in [0.5, 0.6) is 0 Å². The molecule has 0 radical (unpaired) electrons. The van der Waals surface area contributed by atoms with Crippen LogP contribution in [0, 0.1) is 0 Å². The summed E-state index contributed by atoms with van der Waals surface area (Å²) < 4.78 is 16.7. The van der Waals surface area contributed by atoms with Gasteiger partial charge in [-0.15, -0.1) is 0 Å². The van der Waals surface area contributed by atoms with Crippen LogP contribution in [0.4, 0.5) is 0 Å². The van der Waals surface area contributed by atoms with Gasteiger partial charge in [-0.3, -0.25) is 4.79 Å². The molecule has 1 atom stereocenters. The highest BCUT2D eigenvalue weighted by Gasteiger charge is 2.36. The number of halogens is 1. The lowest BCUT2D eigenvalue weighted by atomic mass is 10.0. The Morgan fingerprint density at radius 2 is 2.37 bits per heavy atom. The molecule has 19 heavy (non-hydrogen) atoms. The Hall–Kier alpha value is -0.850. The molecule has 106 valence electrons. The summed E-state index contributed by atoms with van der Waals surface area (Å²) in [5.41, 5.74) is 0.165. The van der Waals surface area contributed by atoms with Crippen LogP contribution in [-0.4, -0.2) is 49.3 Å². The van der Waals surface area contributed by atoms with Gasteiger partial charge in [0.2, 0.25) is 0 Å². The average molecular weight is 332 g/mol. The quantitative estimate of drug-likeness (QED) is 0.852. The van der Waals surface area contributed by atoms with Crippen LogP contribution in [0.25, 0.3) is 0 Å². The second kappa shape index (κ2) is 5.64. The van der Waals surface area contributed by atoms with E-state index >= 15 is 0 Å². The molecular formula is C13H18BrNO4. The third-order valence-corrected chi connectivity index (χ3v) is 3.35. The van der Waals surface area contributed by atoms with Crippen molar-refractivity contribution in [3.8, 4) is 0 Å². The van der Waals surface area contributed by atoms with Gasteiger partial charge in [0.1, 0.15) is 6.26 Å². The van der Waals surface area contributed by atoms with Crippen molar-refractivity contribution in [2.75, 3.05) is 26.8 Å². The molecule has 1 aliphatic heterocycles. The molecular weight excluding hydrogens is 314 g/mol. The SMILES string of the molecule is COCC1CN(C(=O)c2coc(Br)c2)CC(C)(C)O1. The lowest BCUT2D eigenvalue weighted by Crippen LogP contribution is -2.55. The Bertz CT molecular complexity index is 457. The van der Waals surface area contributed by atoms with E-state index in [1.807, 2.05) is 13.8 Å². The van der Waals surface area contributed by atoms with Crippen molar-refractivity contribution in [1.29, 1.82) is 0 Å². The number of ether oxygens (including phenoxy) is 2. The third kappa shape index (κ3) is 3.58. The lowest BCUT2D eigenvalue weighted by Gasteiger charge is -2.42. The highest BCUT2D eigenvalue weighted by molar-refractivity contribution is 9.10. The molecule has 0 N–H and O–H groups in total. The predicted octanol–water partition coefficient (Wildman–Crippen LogP) is 2.31. The van der Waals surface area contributed by atoms with Crippen LogP contribution in [0.3, 0.4) is 0 Å². The molecule has 1 aliphatic rings. The van der Waals surface area contributed by atoms with Crippen molar-refractivity contribution in [3.63, 3.8) is 0 Å². The summed E-state index contributed by atoms with van der Waals surface area (Å²) in [5.74, 6) is -0.0491. The van der Waals surface area contributed by atoms with Crippen LogP contribution < -0.4 is 0 Å². The van der Waals surface area contributed by atoms with Crippen LogP contribution in [0.15, 0.2) is 21.4 Å². The zero-order chi connectivity index (χ0) is 14.0. The molecule has 2 heterocycles. The number of carbonyl (C=O) groups is 1. The zero-order valence-electron chi connectivity index (χ0n) is 11.3. The molecule has 0 aliphatic carbocycles. The largest absolute Gasteiger partial charge is 0.457 e. The first kappa shape index (κ1) is 14.6. The molecule has 1 aromatic heterocycles. The monoisotopic (exact) mass is 331 g/mol. The summed E-state index contributed by atoms with van der Waals surface area (Å²) in [5, 5.41) is 0. The maximum absolute atomic E-state index is 12.4. The first-order valence-corrected chi connectivity index (χ1v) is 6.90. The normalized spacial score (nSPS) is 22.5. The van der Waals surface area contributed by atoms with E-state index in [1.165, 1.54) is 6.26 Å². The van der Waals surface area contributed by atoms with Crippen molar-refractivity contribution in [3.05, 3.63) is 22.6 Å². The maximum atomic E-state index is 12.4. The van der Waals surface area contributed by atoms with E-state index in [-0.39, 0.29) is 17.6 Å². The summed E-state index contributed by atoms with van der Waals surface area (Å²) in [6.07, 6.45) is 1.35. The number of nitrogens with zero attached hydrogens (tertiary/aromatic N) is 1. The average Bonchev–Trinajstić information content (AvgIpc) is 2.73. The first-order chi connectivity index (χ1) is 8.91. The van der Waals surface area contributed by atoms with Crippen LogP contribution in [0.2, 0.25) is 0 Å². The summed E-state index contributed by atoms with van der Waals surface area (Å²) in [6.45, 7) is 5.50. The number of amides is 1. The number of carbonyl (C=O) groups excluding carboxylic acids is 1. The fourth-order valence-corrected chi connectivity index (χ4v) is 2.67. The molecule has 1 aromatic rings. The van der Waals surface area contributed by atoms with Crippen molar-refractivity contribution >= 4 is 21.8 Å². The molecule has 2 rings (SSSR count). The van der Waals surface area contributed by atoms with E-state index in [9.17, 15) is 4.79 Å². The molecule has 0 saturated carbocycles. The number of rotatable bonds is 3. The molecule has 1 unspecified atom stereocenters. The van der Waals surface area contributed by atoms with Gasteiger partial charge in [0, 0.05) is 26.3 Å². The predicted molar refractivity (Wildman–Crippen MR) is 73.1 cm³/mol. The van der Waals surface area contributed by atoms with Crippen molar-refractivity contribution in [2.45, 2.75) is 25.6 Å². The molecule has 0 spiro atoms. The Morgan fingerprint density at radius 1 is 1.63 bits per heavy atom. The minimum absolute atomic E-state index is 0.0491. The summed E-state index contributed by atoms with van der Waals surface area (Å²) in [7, 11) is 1.63. The Balaban J connectivity index is 2.12. The maximum Gasteiger partial charge on any atom is 0.257 e. The van der Waals surface area contributed by atoms with E-state index in [4.69, 9.17) is 13.9 Å². The highest BCUT2D eigenvalue weighted by atomic mass is 79.9. The van der Waals surface area contributed by atoms with Gasteiger partial charge in [0.15, 0.2) is 4.67 Å². The smallest absolute Gasteiger partial charge is 0.257 e. The van der Waals surface area contributed by atoms with E-state index in [0.29, 0.717) is 29.9 Å². The van der Waals surface area contributed by atoms with Crippen molar-refractivity contribution in [1.82, 2.24) is 4.90 Å². The molecule has 1 saturated heterocycles. The lowest BCUT2D eigenvalue weighted by molar-refractivity contribution is -0.143.